The minimum atomic E-state index is -0.692. The third-order valence-electron chi connectivity index (χ3n) is 4.92. The van der Waals surface area contributed by atoms with Gasteiger partial charge in [0.1, 0.15) is 17.2 Å². The number of halogens is 1. The topological polar surface area (TPSA) is 113 Å². The SMILES string of the molecule is Cc1cccc(Nc2nc(Nc3cc(N4CCCC4=O)ccc3F)ncc2C(N)=O)c1. The molecule has 0 spiro atoms. The molecule has 1 aromatic heterocycles. The lowest BCUT2D eigenvalue weighted by molar-refractivity contribution is -0.117. The lowest BCUT2D eigenvalue weighted by Gasteiger charge is -2.17. The van der Waals surface area contributed by atoms with Gasteiger partial charge in [-0.1, -0.05) is 12.1 Å². The van der Waals surface area contributed by atoms with Gasteiger partial charge in [-0.15, -0.1) is 0 Å². The van der Waals surface area contributed by atoms with Crippen LogP contribution in [0.5, 0.6) is 0 Å². The molecule has 8 nitrogen and oxygen atoms in total. The van der Waals surface area contributed by atoms with Crippen LogP contribution in [-0.4, -0.2) is 28.3 Å². The van der Waals surface area contributed by atoms with Gasteiger partial charge in [-0.2, -0.15) is 4.98 Å². The summed E-state index contributed by atoms with van der Waals surface area (Å²) in [6.45, 7) is 2.53. The van der Waals surface area contributed by atoms with E-state index < -0.39 is 11.7 Å². The van der Waals surface area contributed by atoms with Gasteiger partial charge in [0.05, 0.1) is 5.69 Å². The first-order valence-electron chi connectivity index (χ1n) is 9.78. The van der Waals surface area contributed by atoms with Crippen molar-refractivity contribution in [2.24, 2.45) is 5.73 Å². The molecule has 2 heterocycles. The number of anilines is 5. The molecular weight excluding hydrogens is 399 g/mol. The first kappa shape index (κ1) is 20.3. The number of nitrogens with one attached hydrogen (secondary N) is 2. The van der Waals surface area contributed by atoms with E-state index in [9.17, 15) is 14.0 Å². The largest absolute Gasteiger partial charge is 0.365 e. The zero-order chi connectivity index (χ0) is 22.0. The van der Waals surface area contributed by atoms with Crippen LogP contribution in [0.1, 0.15) is 28.8 Å². The molecule has 0 radical (unpaired) electrons. The van der Waals surface area contributed by atoms with Gasteiger partial charge in [0, 0.05) is 30.5 Å². The molecule has 9 heteroatoms. The van der Waals surface area contributed by atoms with Gasteiger partial charge in [0.2, 0.25) is 11.9 Å². The Morgan fingerprint density at radius 2 is 2.03 bits per heavy atom. The quantitative estimate of drug-likeness (QED) is 0.561. The minimum Gasteiger partial charge on any atom is -0.365 e. The normalized spacial score (nSPS) is 13.4. The van der Waals surface area contributed by atoms with Crippen LogP contribution in [0.25, 0.3) is 0 Å². The van der Waals surface area contributed by atoms with E-state index in [-0.39, 0.29) is 28.9 Å². The number of nitrogens with two attached hydrogens (primary N) is 1. The van der Waals surface area contributed by atoms with Crippen LogP contribution in [0.15, 0.2) is 48.7 Å². The molecule has 2 amide bonds. The summed E-state index contributed by atoms with van der Waals surface area (Å²) in [7, 11) is 0. The van der Waals surface area contributed by atoms with E-state index in [0.29, 0.717) is 24.3 Å². The number of aromatic nitrogens is 2. The Bertz CT molecular complexity index is 1170. The van der Waals surface area contributed by atoms with Crippen molar-refractivity contribution in [2.45, 2.75) is 19.8 Å². The van der Waals surface area contributed by atoms with E-state index >= 15 is 0 Å². The van der Waals surface area contributed by atoms with Crippen molar-refractivity contribution < 1.29 is 14.0 Å². The highest BCUT2D eigenvalue weighted by molar-refractivity contribution is 5.98. The second-order valence-electron chi connectivity index (χ2n) is 7.25. The number of carbonyl (C=O) groups is 2. The number of carbonyl (C=O) groups excluding carboxylic acids is 2. The highest BCUT2D eigenvalue weighted by Gasteiger charge is 2.22. The predicted molar refractivity (Wildman–Crippen MR) is 116 cm³/mol. The van der Waals surface area contributed by atoms with Gasteiger partial charge in [-0.25, -0.2) is 9.37 Å². The molecule has 2 aromatic carbocycles. The number of hydrogen-bond acceptors (Lipinski definition) is 6. The molecule has 1 saturated heterocycles. The molecule has 158 valence electrons. The third kappa shape index (κ3) is 4.45. The van der Waals surface area contributed by atoms with Crippen molar-refractivity contribution in [2.75, 3.05) is 22.1 Å². The number of primary amides is 1. The smallest absolute Gasteiger partial charge is 0.254 e. The van der Waals surface area contributed by atoms with E-state index in [0.717, 1.165) is 12.0 Å². The van der Waals surface area contributed by atoms with Crippen molar-refractivity contribution in [3.8, 4) is 0 Å². The van der Waals surface area contributed by atoms with Crippen LogP contribution in [0.4, 0.5) is 33.2 Å². The highest BCUT2D eigenvalue weighted by atomic mass is 19.1. The summed E-state index contributed by atoms with van der Waals surface area (Å²) in [4.78, 5) is 33.8. The van der Waals surface area contributed by atoms with Crippen molar-refractivity contribution in [3.05, 3.63) is 65.6 Å². The Kier molecular flexibility index (Phi) is 5.48. The average Bonchev–Trinajstić information content (AvgIpc) is 3.15. The Labute approximate surface area is 178 Å². The minimum absolute atomic E-state index is 0.00394. The molecule has 1 fully saturated rings. The molecule has 3 aromatic rings. The number of benzene rings is 2. The highest BCUT2D eigenvalue weighted by Crippen LogP contribution is 2.28. The maximum atomic E-state index is 14.4. The van der Waals surface area contributed by atoms with Gasteiger partial charge >= 0.3 is 0 Å². The Balaban J connectivity index is 1.64. The van der Waals surface area contributed by atoms with E-state index in [1.54, 1.807) is 11.0 Å². The van der Waals surface area contributed by atoms with Crippen LogP contribution in [0, 0.1) is 12.7 Å². The van der Waals surface area contributed by atoms with Crippen LogP contribution < -0.4 is 21.3 Å². The molecule has 4 rings (SSSR count). The number of amides is 2. The molecule has 0 unspecified atom stereocenters. The van der Waals surface area contributed by atoms with Crippen LogP contribution in [-0.2, 0) is 4.79 Å². The first-order valence-corrected chi connectivity index (χ1v) is 9.78. The summed E-state index contributed by atoms with van der Waals surface area (Å²) >= 11 is 0. The van der Waals surface area contributed by atoms with Gasteiger partial charge in [0.15, 0.2) is 0 Å². The van der Waals surface area contributed by atoms with Gasteiger partial charge in [-0.3, -0.25) is 9.59 Å². The maximum absolute atomic E-state index is 14.4. The van der Waals surface area contributed by atoms with Gasteiger partial charge in [-0.05, 0) is 49.2 Å². The monoisotopic (exact) mass is 420 g/mol. The fourth-order valence-corrected chi connectivity index (χ4v) is 3.40. The zero-order valence-corrected chi connectivity index (χ0v) is 16.9. The van der Waals surface area contributed by atoms with Crippen molar-refractivity contribution in [1.29, 1.82) is 0 Å². The molecular formula is C22H21FN6O2. The molecule has 1 aliphatic rings. The summed E-state index contributed by atoms with van der Waals surface area (Å²) in [5.41, 5.74) is 8.00. The van der Waals surface area contributed by atoms with Gasteiger partial charge < -0.3 is 21.3 Å². The fourth-order valence-electron chi connectivity index (χ4n) is 3.40. The zero-order valence-electron chi connectivity index (χ0n) is 16.9. The van der Waals surface area contributed by atoms with Crippen LogP contribution in [0.2, 0.25) is 0 Å². The number of rotatable bonds is 6. The van der Waals surface area contributed by atoms with E-state index in [2.05, 4.69) is 20.6 Å². The predicted octanol–water partition coefficient (Wildman–Crippen LogP) is 3.64. The number of aryl methyl sites for hydroxylation is 1. The van der Waals surface area contributed by atoms with E-state index in [4.69, 9.17) is 5.73 Å². The standard InChI is InChI=1S/C22H21FN6O2/c1-13-4-2-5-14(10-13)26-21-16(20(24)31)12-25-22(28-21)27-18-11-15(7-8-17(18)23)29-9-3-6-19(29)30/h2,4-5,7-8,10-12H,3,6,9H2,1H3,(H2,24,31)(H2,25,26,27,28). The summed E-state index contributed by atoms with van der Waals surface area (Å²) in [6, 6.07) is 11.9. The van der Waals surface area contributed by atoms with E-state index in [1.165, 1.54) is 18.3 Å². The summed E-state index contributed by atoms with van der Waals surface area (Å²) in [6.07, 6.45) is 2.53. The van der Waals surface area contributed by atoms with E-state index in [1.807, 2.05) is 31.2 Å². The van der Waals surface area contributed by atoms with Crippen LogP contribution in [0.3, 0.4) is 0 Å². The molecule has 0 saturated carbocycles. The summed E-state index contributed by atoms with van der Waals surface area (Å²) < 4.78 is 14.4. The molecule has 4 N–H and O–H groups in total. The Morgan fingerprint density at radius 3 is 2.74 bits per heavy atom. The number of hydrogen-bond donors (Lipinski definition) is 3. The summed E-state index contributed by atoms with van der Waals surface area (Å²) in [5.74, 6) is -0.941. The second kappa shape index (κ2) is 8.39. The Hall–Kier alpha value is -4.01. The third-order valence-corrected chi connectivity index (χ3v) is 4.92. The number of nitrogens with zero attached hydrogens (tertiary/aromatic N) is 3. The molecule has 0 atom stereocenters. The fraction of sp³-hybridized carbons (Fsp3) is 0.182. The first-order chi connectivity index (χ1) is 14.9. The second-order valence-corrected chi connectivity index (χ2v) is 7.25. The lowest BCUT2D eigenvalue weighted by Crippen LogP contribution is -2.23. The Morgan fingerprint density at radius 1 is 1.19 bits per heavy atom. The average molecular weight is 420 g/mol. The molecule has 0 aliphatic carbocycles. The van der Waals surface area contributed by atoms with Crippen molar-refractivity contribution >= 4 is 40.6 Å². The van der Waals surface area contributed by atoms with Crippen molar-refractivity contribution in [1.82, 2.24) is 9.97 Å². The summed E-state index contributed by atoms with van der Waals surface area (Å²) in [5, 5.41) is 5.89. The molecule has 31 heavy (non-hydrogen) atoms. The molecule has 0 bridgehead atoms. The van der Waals surface area contributed by atoms with Crippen LogP contribution >= 0.6 is 0 Å². The maximum Gasteiger partial charge on any atom is 0.254 e. The molecule has 1 aliphatic heterocycles. The van der Waals surface area contributed by atoms with Crippen molar-refractivity contribution in [3.63, 3.8) is 0 Å². The van der Waals surface area contributed by atoms with Gasteiger partial charge in [0.25, 0.3) is 5.91 Å². The lowest BCUT2D eigenvalue weighted by atomic mass is 10.2.